The van der Waals surface area contributed by atoms with Crippen LogP contribution in [0.15, 0.2) is 6.20 Å². The second-order valence-corrected chi connectivity index (χ2v) is 3.33. The Morgan fingerprint density at radius 3 is 2.92 bits per heavy atom. The fourth-order valence-electron chi connectivity index (χ4n) is 1.46. The van der Waals surface area contributed by atoms with Gasteiger partial charge in [0.05, 0.1) is 7.11 Å². The lowest BCUT2D eigenvalue weighted by molar-refractivity contribution is 0.0582. The van der Waals surface area contributed by atoms with Crippen LogP contribution in [0.25, 0.3) is 0 Å². The highest BCUT2D eigenvalue weighted by Gasteiger charge is 2.28. The highest BCUT2D eigenvalue weighted by Crippen LogP contribution is 2.39. The van der Waals surface area contributed by atoms with Crippen molar-refractivity contribution >= 4 is 5.97 Å². The fourth-order valence-corrected chi connectivity index (χ4v) is 1.46. The van der Waals surface area contributed by atoms with Crippen molar-refractivity contribution in [1.29, 1.82) is 0 Å². The van der Waals surface area contributed by atoms with Gasteiger partial charge in [0.1, 0.15) is 0 Å². The van der Waals surface area contributed by atoms with Crippen molar-refractivity contribution in [2.75, 3.05) is 7.11 Å². The summed E-state index contributed by atoms with van der Waals surface area (Å²) in [4.78, 5) is 15.2. The van der Waals surface area contributed by atoms with Gasteiger partial charge in [-0.05, 0) is 12.8 Å². The molecule has 70 valence electrons. The number of hydrogen-bond donors (Lipinski definition) is 0. The van der Waals surface area contributed by atoms with Gasteiger partial charge in [-0.1, -0.05) is 0 Å². The van der Waals surface area contributed by atoms with E-state index in [2.05, 4.69) is 9.72 Å². The van der Waals surface area contributed by atoms with E-state index in [9.17, 15) is 4.79 Å². The molecule has 0 atom stereocenters. The third-order valence-corrected chi connectivity index (χ3v) is 2.39. The van der Waals surface area contributed by atoms with E-state index < -0.39 is 0 Å². The Hall–Kier alpha value is -1.32. The molecule has 0 aliphatic heterocycles. The number of ether oxygens (including phenoxy) is 1. The Morgan fingerprint density at radius 2 is 2.38 bits per heavy atom. The number of hydrogen-bond acceptors (Lipinski definition) is 3. The smallest absolute Gasteiger partial charge is 0.374 e. The van der Waals surface area contributed by atoms with Crippen molar-refractivity contribution in [2.45, 2.75) is 18.8 Å². The molecule has 0 aromatic carbocycles. The molecule has 1 aromatic rings. The molecule has 13 heavy (non-hydrogen) atoms. The van der Waals surface area contributed by atoms with Crippen LogP contribution in [0.2, 0.25) is 0 Å². The van der Waals surface area contributed by atoms with Gasteiger partial charge in [-0.25, -0.2) is 9.78 Å². The molecular formula is C9H12N2O2. The zero-order chi connectivity index (χ0) is 9.42. The molecule has 1 heterocycles. The molecule has 2 rings (SSSR count). The van der Waals surface area contributed by atoms with E-state index in [1.54, 1.807) is 6.20 Å². The highest BCUT2D eigenvalue weighted by atomic mass is 16.5. The number of carbonyl (C=O) groups excluding carboxylic acids is 1. The lowest BCUT2D eigenvalue weighted by atomic mass is 10.3. The van der Waals surface area contributed by atoms with Crippen molar-refractivity contribution in [3.8, 4) is 0 Å². The second-order valence-electron chi connectivity index (χ2n) is 3.33. The maximum Gasteiger partial charge on any atom is 0.374 e. The van der Waals surface area contributed by atoms with Crippen LogP contribution >= 0.6 is 0 Å². The first-order valence-corrected chi connectivity index (χ1v) is 4.34. The van der Waals surface area contributed by atoms with Crippen molar-refractivity contribution in [1.82, 2.24) is 9.55 Å². The molecule has 4 heteroatoms. The number of esters is 1. The maximum atomic E-state index is 11.2. The van der Waals surface area contributed by atoms with E-state index in [-0.39, 0.29) is 5.97 Å². The summed E-state index contributed by atoms with van der Waals surface area (Å²) in [5.74, 6) is 0.634. The normalized spacial score (nSPS) is 15.8. The number of aromatic nitrogens is 2. The zero-order valence-electron chi connectivity index (χ0n) is 7.78. The molecule has 1 fully saturated rings. The molecule has 0 N–H and O–H groups in total. The number of methoxy groups -OCH3 is 1. The number of rotatable bonds is 2. The lowest BCUT2D eigenvalue weighted by Crippen LogP contribution is -2.10. The van der Waals surface area contributed by atoms with E-state index in [4.69, 9.17) is 0 Å². The summed E-state index contributed by atoms with van der Waals surface area (Å²) in [6.07, 6.45) is 4.18. The van der Waals surface area contributed by atoms with E-state index in [1.807, 2.05) is 11.6 Å². The van der Waals surface area contributed by atoms with E-state index in [0.717, 1.165) is 5.69 Å². The standard InChI is InChI=1S/C9H12N2O2/c1-11-7(6-3-4-6)5-10-8(11)9(12)13-2/h5-6H,3-4H2,1-2H3. The fraction of sp³-hybridized carbons (Fsp3) is 0.556. The van der Waals surface area contributed by atoms with Gasteiger partial charge in [0.25, 0.3) is 0 Å². The molecule has 0 radical (unpaired) electrons. The van der Waals surface area contributed by atoms with Gasteiger partial charge in [-0.3, -0.25) is 0 Å². The van der Waals surface area contributed by atoms with Gasteiger partial charge in [-0.2, -0.15) is 0 Å². The van der Waals surface area contributed by atoms with Gasteiger partial charge in [-0.15, -0.1) is 0 Å². The van der Waals surface area contributed by atoms with Crippen LogP contribution in [0.5, 0.6) is 0 Å². The summed E-state index contributed by atoms with van der Waals surface area (Å²) in [6, 6.07) is 0. The summed E-state index contributed by atoms with van der Waals surface area (Å²) >= 11 is 0. The minimum Gasteiger partial charge on any atom is -0.463 e. The molecule has 0 amide bonds. The van der Waals surface area contributed by atoms with Gasteiger partial charge < -0.3 is 9.30 Å². The number of carbonyl (C=O) groups is 1. The van der Waals surface area contributed by atoms with Crippen molar-refractivity contribution in [2.24, 2.45) is 7.05 Å². The van der Waals surface area contributed by atoms with Crippen LogP contribution < -0.4 is 0 Å². The Balaban J connectivity index is 2.32. The third-order valence-electron chi connectivity index (χ3n) is 2.39. The Kier molecular flexibility index (Phi) is 1.83. The SMILES string of the molecule is COC(=O)c1ncc(C2CC2)n1C. The molecule has 0 spiro atoms. The average molecular weight is 180 g/mol. The third kappa shape index (κ3) is 1.32. The van der Waals surface area contributed by atoms with Crippen molar-refractivity contribution in [3.05, 3.63) is 17.7 Å². The first-order chi connectivity index (χ1) is 6.24. The second kappa shape index (κ2) is 2.87. The van der Waals surface area contributed by atoms with Crippen LogP contribution in [-0.4, -0.2) is 22.6 Å². The molecule has 0 saturated heterocycles. The van der Waals surface area contributed by atoms with Gasteiger partial charge in [0.2, 0.25) is 5.82 Å². The summed E-state index contributed by atoms with van der Waals surface area (Å²) < 4.78 is 6.43. The van der Waals surface area contributed by atoms with Crippen LogP contribution in [0.4, 0.5) is 0 Å². The average Bonchev–Trinajstić information content (AvgIpc) is 2.90. The minimum absolute atomic E-state index is 0.366. The Morgan fingerprint density at radius 1 is 1.69 bits per heavy atom. The molecule has 0 bridgehead atoms. The van der Waals surface area contributed by atoms with Crippen LogP contribution in [0, 0.1) is 0 Å². The van der Waals surface area contributed by atoms with Gasteiger partial charge >= 0.3 is 5.97 Å². The molecule has 1 saturated carbocycles. The van der Waals surface area contributed by atoms with E-state index >= 15 is 0 Å². The molecule has 1 aliphatic rings. The predicted molar refractivity (Wildman–Crippen MR) is 46.5 cm³/mol. The van der Waals surface area contributed by atoms with Gasteiger partial charge in [0, 0.05) is 24.9 Å². The Labute approximate surface area is 76.5 Å². The summed E-state index contributed by atoms with van der Waals surface area (Å²) in [6.45, 7) is 0. The predicted octanol–water partition coefficient (Wildman–Crippen LogP) is 1.08. The summed E-state index contributed by atoms with van der Waals surface area (Å²) in [7, 11) is 3.22. The Bertz CT molecular complexity index is 339. The highest BCUT2D eigenvalue weighted by molar-refractivity contribution is 5.85. The zero-order valence-corrected chi connectivity index (χ0v) is 7.78. The minimum atomic E-state index is -0.366. The molecule has 0 unspecified atom stereocenters. The van der Waals surface area contributed by atoms with Crippen LogP contribution in [-0.2, 0) is 11.8 Å². The topological polar surface area (TPSA) is 44.1 Å². The van der Waals surface area contributed by atoms with Crippen LogP contribution in [0.1, 0.15) is 35.1 Å². The first kappa shape index (κ1) is 8.29. The molecule has 1 aliphatic carbocycles. The largest absolute Gasteiger partial charge is 0.463 e. The van der Waals surface area contributed by atoms with E-state index in [1.165, 1.54) is 20.0 Å². The first-order valence-electron chi connectivity index (χ1n) is 4.34. The van der Waals surface area contributed by atoms with E-state index in [0.29, 0.717) is 11.7 Å². The molecule has 4 nitrogen and oxygen atoms in total. The maximum absolute atomic E-state index is 11.2. The summed E-state index contributed by atoms with van der Waals surface area (Å²) in [5.41, 5.74) is 1.14. The van der Waals surface area contributed by atoms with Crippen LogP contribution in [0.3, 0.4) is 0 Å². The van der Waals surface area contributed by atoms with Crippen molar-refractivity contribution in [3.63, 3.8) is 0 Å². The monoisotopic (exact) mass is 180 g/mol. The number of imidazole rings is 1. The van der Waals surface area contributed by atoms with Crippen molar-refractivity contribution < 1.29 is 9.53 Å². The molecular weight excluding hydrogens is 168 g/mol. The number of nitrogens with zero attached hydrogens (tertiary/aromatic N) is 2. The molecule has 1 aromatic heterocycles. The quantitative estimate of drug-likeness (QED) is 0.640. The summed E-state index contributed by atoms with van der Waals surface area (Å²) in [5, 5.41) is 0. The van der Waals surface area contributed by atoms with Gasteiger partial charge in [0.15, 0.2) is 0 Å². The lowest BCUT2D eigenvalue weighted by Gasteiger charge is -2.02.